The summed E-state index contributed by atoms with van der Waals surface area (Å²) in [5.41, 5.74) is 1.13. The van der Waals surface area contributed by atoms with E-state index >= 15 is 0 Å². The number of hydrogen-bond donors (Lipinski definition) is 2. The summed E-state index contributed by atoms with van der Waals surface area (Å²) in [7, 11) is 1.98. The van der Waals surface area contributed by atoms with E-state index in [9.17, 15) is 4.79 Å². The number of rotatable bonds is 6. The molecule has 1 fully saturated rings. The summed E-state index contributed by atoms with van der Waals surface area (Å²) < 4.78 is 2.02. The van der Waals surface area contributed by atoms with Crippen LogP contribution < -0.4 is 10.6 Å². The van der Waals surface area contributed by atoms with Gasteiger partial charge >= 0.3 is 0 Å². The molecule has 1 aromatic heterocycles. The van der Waals surface area contributed by atoms with Crippen LogP contribution in [0.4, 0.5) is 0 Å². The molecule has 0 radical (unpaired) electrons. The minimum absolute atomic E-state index is 0.120. The maximum Gasteiger partial charge on any atom is 0.221 e. The fourth-order valence-corrected chi connectivity index (χ4v) is 1.63. The van der Waals surface area contributed by atoms with Gasteiger partial charge in [0.15, 0.2) is 0 Å². The highest BCUT2D eigenvalue weighted by Crippen LogP contribution is 2.18. The zero-order valence-corrected chi connectivity index (χ0v) is 9.70. The van der Waals surface area contributed by atoms with Crippen molar-refractivity contribution in [2.75, 3.05) is 6.54 Å². The predicted octanol–water partition coefficient (Wildman–Crippen LogP) is 0.783. The average Bonchev–Trinajstić information content (AvgIpc) is 2.99. The molecule has 0 atom stereocenters. The second kappa shape index (κ2) is 5.16. The molecule has 0 unspecified atom stereocenters. The Balaban J connectivity index is 1.61. The Morgan fingerprint density at radius 1 is 1.56 bits per heavy atom. The summed E-state index contributed by atoms with van der Waals surface area (Å²) in [4.78, 5) is 11.5. The van der Waals surface area contributed by atoms with Crippen molar-refractivity contribution in [3.05, 3.63) is 24.0 Å². The number of nitrogens with one attached hydrogen (secondary N) is 2. The summed E-state index contributed by atoms with van der Waals surface area (Å²) in [6.07, 6.45) is 5.09. The van der Waals surface area contributed by atoms with Gasteiger partial charge in [-0.1, -0.05) is 0 Å². The van der Waals surface area contributed by atoms with Crippen molar-refractivity contribution in [1.82, 2.24) is 15.2 Å². The van der Waals surface area contributed by atoms with Crippen LogP contribution in [0.25, 0.3) is 0 Å². The van der Waals surface area contributed by atoms with Crippen LogP contribution in [0, 0.1) is 0 Å². The molecular weight excluding hydrogens is 202 g/mol. The lowest BCUT2D eigenvalue weighted by Crippen LogP contribution is -2.28. The van der Waals surface area contributed by atoms with Crippen LogP contribution in [-0.4, -0.2) is 23.1 Å². The summed E-state index contributed by atoms with van der Waals surface area (Å²) in [5, 5.41) is 6.25. The fourth-order valence-electron chi connectivity index (χ4n) is 1.63. The van der Waals surface area contributed by atoms with Gasteiger partial charge in [0.05, 0.1) is 6.54 Å². The lowest BCUT2D eigenvalue weighted by atomic mass is 10.3. The zero-order valence-electron chi connectivity index (χ0n) is 9.70. The molecule has 0 spiro atoms. The third kappa shape index (κ3) is 3.38. The van der Waals surface area contributed by atoms with Crippen molar-refractivity contribution in [3.8, 4) is 0 Å². The van der Waals surface area contributed by atoms with Gasteiger partial charge in [-0.3, -0.25) is 4.79 Å². The maximum absolute atomic E-state index is 11.5. The van der Waals surface area contributed by atoms with Crippen LogP contribution in [0.5, 0.6) is 0 Å². The largest absolute Gasteiger partial charge is 0.353 e. The number of hydrogen-bond acceptors (Lipinski definition) is 2. The lowest BCUT2D eigenvalue weighted by molar-refractivity contribution is -0.121. The van der Waals surface area contributed by atoms with E-state index in [-0.39, 0.29) is 5.91 Å². The predicted molar refractivity (Wildman–Crippen MR) is 62.9 cm³/mol. The molecule has 88 valence electrons. The SMILES string of the molecule is Cn1cccc1CNC(=O)CCNC1CC1. The van der Waals surface area contributed by atoms with Gasteiger partial charge in [0, 0.05) is 37.9 Å². The molecule has 1 amide bonds. The number of amides is 1. The smallest absolute Gasteiger partial charge is 0.221 e. The van der Waals surface area contributed by atoms with Gasteiger partial charge in [-0.2, -0.15) is 0 Å². The van der Waals surface area contributed by atoms with Crippen LogP contribution in [-0.2, 0) is 18.4 Å². The topological polar surface area (TPSA) is 46.1 Å². The number of carbonyl (C=O) groups excluding carboxylic acids is 1. The standard InChI is InChI=1S/C12H19N3O/c1-15-8-2-3-11(15)9-14-12(16)6-7-13-10-4-5-10/h2-3,8,10,13H,4-7,9H2,1H3,(H,14,16). The van der Waals surface area contributed by atoms with E-state index in [1.165, 1.54) is 12.8 Å². The molecule has 2 N–H and O–H groups in total. The van der Waals surface area contributed by atoms with Crippen LogP contribution in [0.15, 0.2) is 18.3 Å². The van der Waals surface area contributed by atoms with Gasteiger partial charge in [0.1, 0.15) is 0 Å². The highest BCUT2D eigenvalue weighted by molar-refractivity contribution is 5.76. The van der Waals surface area contributed by atoms with E-state index < -0.39 is 0 Å². The normalized spacial score (nSPS) is 15.1. The van der Waals surface area contributed by atoms with Gasteiger partial charge in [0.25, 0.3) is 0 Å². The molecule has 0 aromatic carbocycles. The first kappa shape index (κ1) is 11.2. The van der Waals surface area contributed by atoms with E-state index in [4.69, 9.17) is 0 Å². The summed E-state index contributed by atoms with van der Waals surface area (Å²) in [6, 6.07) is 4.68. The Morgan fingerprint density at radius 3 is 3.00 bits per heavy atom. The van der Waals surface area contributed by atoms with Crippen molar-refractivity contribution in [2.45, 2.75) is 31.8 Å². The molecule has 1 aromatic rings. The second-order valence-corrected chi connectivity index (χ2v) is 4.37. The van der Waals surface area contributed by atoms with Crippen LogP contribution in [0.3, 0.4) is 0 Å². The van der Waals surface area contributed by atoms with Gasteiger partial charge in [-0.15, -0.1) is 0 Å². The van der Waals surface area contributed by atoms with Crippen LogP contribution >= 0.6 is 0 Å². The molecule has 16 heavy (non-hydrogen) atoms. The zero-order chi connectivity index (χ0) is 11.4. The molecule has 4 heteroatoms. The van der Waals surface area contributed by atoms with Crippen molar-refractivity contribution < 1.29 is 4.79 Å². The summed E-state index contributed by atoms with van der Waals surface area (Å²) in [5.74, 6) is 0.120. The van der Waals surface area contributed by atoms with E-state index in [0.717, 1.165) is 12.2 Å². The van der Waals surface area contributed by atoms with E-state index in [0.29, 0.717) is 19.0 Å². The first-order valence-corrected chi connectivity index (χ1v) is 5.86. The van der Waals surface area contributed by atoms with Gasteiger partial charge in [-0.25, -0.2) is 0 Å². The van der Waals surface area contributed by atoms with Crippen molar-refractivity contribution >= 4 is 5.91 Å². The summed E-state index contributed by atoms with van der Waals surface area (Å²) >= 11 is 0. The molecule has 1 saturated carbocycles. The monoisotopic (exact) mass is 221 g/mol. The van der Waals surface area contributed by atoms with Crippen molar-refractivity contribution in [3.63, 3.8) is 0 Å². The molecular formula is C12H19N3O. The molecule has 1 heterocycles. The van der Waals surface area contributed by atoms with Gasteiger partial charge in [-0.05, 0) is 25.0 Å². The number of nitrogens with zero attached hydrogens (tertiary/aromatic N) is 1. The number of aromatic nitrogens is 1. The molecule has 4 nitrogen and oxygen atoms in total. The maximum atomic E-state index is 11.5. The first-order chi connectivity index (χ1) is 7.75. The lowest BCUT2D eigenvalue weighted by Gasteiger charge is -2.06. The highest BCUT2D eigenvalue weighted by atomic mass is 16.1. The second-order valence-electron chi connectivity index (χ2n) is 4.37. The highest BCUT2D eigenvalue weighted by Gasteiger charge is 2.19. The minimum Gasteiger partial charge on any atom is -0.353 e. The fraction of sp³-hybridized carbons (Fsp3) is 0.583. The molecule has 1 aliphatic rings. The average molecular weight is 221 g/mol. The van der Waals surface area contributed by atoms with E-state index in [1.807, 2.05) is 29.9 Å². The van der Waals surface area contributed by atoms with Crippen molar-refractivity contribution in [2.24, 2.45) is 7.05 Å². The molecule has 0 saturated heterocycles. The Hall–Kier alpha value is -1.29. The number of aryl methyl sites for hydroxylation is 1. The number of carbonyl (C=O) groups is 1. The Kier molecular flexibility index (Phi) is 3.62. The van der Waals surface area contributed by atoms with Gasteiger partial charge in [0.2, 0.25) is 5.91 Å². The van der Waals surface area contributed by atoms with Crippen LogP contribution in [0.2, 0.25) is 0 Å². The van der Waals surface area contributed by atoms with E-state index in [1.54, 1.807) is 0 Å². The summed E-state index contributed by atoms with van der Waals surface area (Å²) in [6.45, 7) is 1.41. The Labute approximate surface area is 96.0 Å². The molecule has 0 aliphatic heterocycles. The third-order valence-corrected chi connectivity index (χ3v) is 2.88. The molecule has 1 aliphatic carbocycles. The molecule has 0 bridgehead atoms. The minimum atomic E-state index is 0.120. The first-order valence-electron chi connectivity index (χ1n) is 5.86. The quantitative estimate of drug-likeness (QED) is 0.746. The van der Waals surface area contributed by atoms with E-state index in [2.05, 4.69) is 10.6 Å². The molecule has 2 rings (SSSR count). The van der Waals surface area contributed by atoms with Crippen molar-refractivity contribution in [1.29, 1.82) is 0 Å². The van der Waals surface area contributed by atoms with Crippen LogP contribution in [0.1, 0.15) is 25.0 Å². The Bertz CT molecular complexity index is 355. The third-order valence-electron chi connectivity index (χ3n) is 2.88. The Morgan fingerprint density at radius 2 is 2.38 bits per heavy atom. The van der Waals surface area contributed by atoms with Gasteiger partial charge < -0.3 is 15.2 Å².